The van der Waals surface area contributed by atoms with Gasteiger partial charge in [-0.3, -0.25) is 14.9 Å². The summed E-state index contributed by atoms with van der Waals surface area (Å²) in [7, 11) is 0. The van der Waals surface area contributed by atoms with Crippen LogP contribution in [0.2, 0.25) is 0 Å². The Hall–Kier alpha value is -2.18. The summed E-state index contributed by atoms with van der Waals surface area (Å²) in [5, 5.41) is 14.0. The Morgan fingerprint density at radius 2 is 2.10 bits per heavy atom. The molecule has 1 aliphatic heterocycles. The Balaban J connectivity index is 2.12. The van der Waals surface area contributed by atoms with Crippen LogP contribution in [0.5, 0.6) is 0 Å². The van der Waals surface area contributed by atoms with Crippen LogP contribution >= 0.6 is 0 Å². The Kier molecular flexibility index (Phi) is 4.72. The molecule has 1 fully saturated rings. The molecule has 0 saturated carbocycles. The van der Waals surface area contributed by atoms with E-state index < -0.39 is 11.0 Å². The summed E-state index contributed by atoms with van der Waals surface area (Å²) >= 11 is 0. The number of nitrogens with zero attached hydrogens (tertiary/aromatic N) is 3. The molecule has 1 aliphatic rings. The third-order valence-electron chi connectivity index (χ3n) is 3.70. The van der Waals surface area contributed by atoms with Gasteiger partial charge < -0.3 is 10.2 Å². The van der Waals surface area contributed by atoms with E-state index in [0.29, 0.717) is 5.56 Å². The summed E-state index contributed by atoms with van der Waals surface area (Å²) in [6.07, 6.45) is 4.68. The van der Waals surface area contributed by atoms with Gasteiger partial charge in [0, 0.05) is 24.8 Å². The van der Waals surface area contributed by atoms with Gasteiger partial charge in [0.15, 0.2) is 0 Å². The largest absolute Gasteiger partial charge is 0.353 e. The monoisotopic (exact) mass is 292 g/mol. The molecule has 1 unspecified atom stereocenters. The number of nitro groups is 1. The van der Waals surface area contributed by atoms with Crippen LogP contribution in [0.4, 0.5) is 11.5 Å². The van der Waals surface area contributed by atoms with Crippen molar-refractivity contribution >= 4 is 17.4 Å². The first-order valence-corrected chi connectivity index (χ1v) is 7.16. The number of rotatable bonds is 4. The van der Waals surface area contributed by atoms with Crippen LogP contribution in [0.25, 0.3) is 0 Å². The van der Waals surface area contributed by atoms with Crippen molar-refractivity contribution in [3.05, 3.63) is 27.9 Å². The minimum atomic E-state index is -0.531. The lowest BCUT2D eigenvalue weighted by molar-refractivity contribution is -0.384. The van der Waals surface area contributed by atoms with Gasteiger partial charge in [0.1, 0.15) is 6.04 Å². The summed E-state index contributed by atoms with van der Waals surface area (Å²) in [5.74, 6) is 0.116. The van der Waals surface area contributed by atoms with E-state index >= 15 is 0 Å². The lowest BCUT2D eigenvalue weighted by Gasteiger charge is -2.29. The van der Waals surface area contributed by atoms with E-state index in [1.807, 2.05) is 4.90 Å². The molecular weight excluding hydrogens is 272 g/mol. The molecule has 1 saturated heterocycles. The van der Waals surface area contributed by atoms with E-state index in [4.69, 9.17) is 0 Å². The second-order valence-electron chi connectivity index (χ2n) is 5.33. The summed E-state index contributed by atoms with van der Waals surface area (Å²) in [4.78, 5) is 28.8. The average molecular weight is 292 g/mol. The molecular formula is C14H20N4O3. The molecule has 0 aliphatic carbocycles. The van der Waals surface area contributed by atoms with Crippen LogP contribution in [-0.2, 0) is 4.79 Å². The number of likely N-dealkylation sites (tertiary alicyclic amines) is 1. The lowest BCUT2D eigenvalue weighted by Crippen LogP contribution is -2.44. The second-order valence-corrected chi connectivity index (χ2v) is 5.33. The minimum Gasteiger partial charge on any atom is -0.353 e. The fraction of sp³-hybridized carbons (Fsp3) is 0.571. The van der Waals surface area contributed by atoms with Gasteiger partial charge in [-0.05, 0) is 39.2 Å². The molecule has 114 valence electrons. The predicted octanol–water partition coefficient (Wildman–Crippen LogP) is 2.11. The van der Waals surface area contributed by atoms with Gasteiger partial charge in [-0.2, -0.15) is 0 Å². The zero-order chi connectivity index (χ0) is 15.4. The molecule has 0 aromatic carbocycles. The standard InChI is InChI=1S/C14H20N4O3/c1-10-6-7-15-13(12(10)18(20)21)16-11(2)14(19)17-8-4-3-5-9-17/h6-7,11H,3-5,8-9H2,1-2H3,(H,15,16). The van der Waals surface area contributed by atoms with E-state index in [2.05, 4.69) is 10.3 Å². The number of carbonyl (C=O) groups is 1. The number of pyridine rings is 1. The number of hydrogen-bond donors (Lipinski definition) is 1. The fourth-order valence-electron chi connectivity index (χ4n) is 2.54. The van der Waals surface area contributed by atoms with Crippen LogP contribution < -0.4 is 5.32 Å². The van der Waals surface area contributed by atoms with E-state index in [0.717, 1.165) is 32.4 Å². The number of carbonyl (C=O) groups excluding carboxylic acids is 1. The Labute approximate surface area is 123 Å². The van der Waals surface area contributed by atoms with Crippen LogP contribution in [0.1, 0.15) is 31.7 Å². The molecule has 2 rings (SSSR count). The highest BCUT2D eigenvalue weighted by molar-refractivity contribution is 5.84. The van der Waals surface area contributed by atoms with Gasteiger partial charge in [0.2, 0.25) is 11.7 Å². The molecule has 0 spiro atoms. The van der Waals surface area contributed by atoms with Crippen LogP contribution in [0, 0.1) is 17.0 Å². The molecule has 7 heteroatoms. The smallest absolute Gasteiger partial charge is 0.314 e. The number of anilines is 1. The number of hydrogen-bond acceptors (Lipinski definition) is 5. The maximum Gasteiger partial charge on any atom is 0.314 e. The zero-order valence-corrected chi connectivity index (χ0v) is 12.3. The van der Waals surface area contributed by atoms with Gasteiger partial charge in [-0.15, -0.1) is 0 Å². The number of aromatic nitrogens is 1. The highest BCUT2D eigenvalue weighted by atomic mass is 16.6. The van der Waals surface area contributed by atoms with Gasteiger partial charge in [0.25, 0.3) is 0 Å². The molecule has 21 heavy (non-hydrogen) atoms. The minimum absolute atomic E-state index is 0.0349. The number of amides is 1. The quantitative estimate of drug-likeness (QED) is 0.678. The van der Waals surface area contributed by atoms with Crippen LogP contribution in [-0.4, -0.2) is 39.8 Å². The molecule has 2 heterocycles. The van der Waals surface area contributed by atoms with Crippen molar-refractivity contribution in [3.63, 3.8) is 0 Å². The molecule has 1 atom stereocenters. The van der Waals surface area contributed by atoms with Crippen molar-refractivity contribution < 1.29 is 9.72 Å². The topological polar surface area (TPSA) is 88.4 Å². The number of piperidine rings is 1. The predicted molar refractivity (Wildman–Crippen MR) is 79.1 cm³/mol. The van der Waals surface area contributed by atoms with Gasteiger partial charge in [-0.25, -0.2) is 4.98 Å². The Morgan fingerprint density at radius 3 is 2.71 bits per heavy atom. The van der Waals surface area contributed by atoms with Gasteiger partial charge in [0.05, 0.1) is 4.92 Å². The maximum absolute atomic E-state index is 12.3. The van der Waals surface area contributed by atoms with Gasteiger partial charge >= 0.3 is 5.69 Å². The van der Waals surface area contributed by atoms with Crippen molar-refractivity contribution in [3.8, 4) is 0 Å². The molecule has 1 aromatic heterocycles. The molecule has 1 amide bonds. The fourth-order valence-corrected chi connectivity index (χ4v) is 2.54. The maximum atomic E-state index is 12.3. The zero-order valence-electron chi connectivity index (χ0n) is 12.3. The molecule has 1 aromatic rings. The summed E-state index contributed by atoms with van der Waals surface area (Å²) in [5.41, 5.74) is 0.450. The van der Waals surface area contributed by atoms with E-state index in [1.165, 1.54) is 6.20 Å². The second kappa shape index (κ2) is 6.51. The van der Waals surface area contributed by atoms with Crippen molar-refractivity contribution in [2.24, 2.45) is 0 Å². The Bertz CT molecular complexity index is 541. The van der Waals surface area contributed by atoms with E-state index in [1.54, 1.807) is 19.9 Å². The first-order valence-electron chi connectivity index (χ1n) is 7.16. The van der Waals surface area contributed by atoms with E-state index in [9.17, 15) is 14.9 Å². The van der Waals surface area contributed by atoms with E-state index in [-0.39, 0.29) is 17.4 Å². The average Bonchev–Trinajstić information content (AvgIpc) is 2.47. The summed E-state index contributed by atoms with van der Waals surface area (Å²) < 4.78 is 0. The summed E-state index contributed by atoms with van der Waals surface area (Å²) in [6.45, 7) is 4.88. The molecule has 1 N–H and O–H groups in total. The highest BCUT2D eigenvalue weighted by Crippen LogP contribution is 2.26. The van der Waals surface area contributed by atoms with Crippen molar-refractivity contribution in [2.45, 2.75) is 39.2 Å². The molecule has 7 nitrogen and oxygen atoms in total. The third kappa shape index (κ3) is 3.48. The number of nitrogens with one attached hydrogen (secondary N) is 1. The van der Waals surface area contributed by atoms with Crippen molar-refractivity contribution in [1.82, 2.24) is 9.88 Å². The molecule has 0 radical (unpaired) electrons. The van der Waals surface area contributed by atoms with Crippen LogP contribution in [0.15, 0.2) is 12.3 Å². The SMILES string of the molecule is Cc1ccnc(NC(C)C(=O)N2CCCCC2)c1[N+](=O)[O-]. The number of aryl methyl sites for hydroxylation is 1. The first kappa shape index (κ1) is 15.2. The lowest BCUT2D eigenvalue weighted by atomic mass is 10.1. The van der Waals surface area contributed by atoms with Crippen LogP contribution in [0.3, 0.4) is 0 Å². The highest BCUT2D eigenvalue weighted by Gasteiger charge is 2.25. The summed E-state index contributed by atoms with van der Waals surface area (Å²) in [6, 6.07) is 1.05. The van der Waals surface area contributed by atoms with Crippen molar-refractivity contribution in [2.75, 3.05) is 18.4 Å². The molecule has 0 bridgehead atoms. The van der Waals surface area contributed by atoms with Gasteiger partial charge in [-0.1, -0.05) is 0 Å². The van der Waals surface area contributed by atoms with Crippen molar-refractivity contribution in [1.29, 1.82) is 0 Å². The third-order valence-corrected chi connectivity index (χ3v) is 3.70. The first-order chi connectivity index (χ1) is 10.0. The Morgan fingerprint density at radius 1 is 1.43 bits per heavy atom. The normalized spacial score (nSPS) is 16.4.